The number of nitrogens with one attached hydrogen (secondary N) is 4. The van der Waals surface area contributed by atoms with Crippen molar-refractivity contribution in [1.82, 2.24) is 15.2 Å². The molecule has 2 aliphatic heterocycles. The number of nitrogens with zero attached hydrogens (tertiary/aromatic N) is 2. The lowest BCUT2D eigenvalue weighted by Gasteiger charge is -2.37. The second-order valence-electron chi connectivity index (χ2n) is 19.8. The zero-order valence-electron chi connectivity index (χ0n) is 42.8. The number of ether oxygens (including phenoxy) is 2. The van der Waals surface area contributed by atoms with Crippen LogP contribution in [0, 0.1) is 18.8 Å². The van der Waals surface area contributed by atoms with Crippen LogP contribution in [-0.2, 0) is 36.1 Å². The van der Waals surface area contributed by atoms with E-state index in [2.05, 4.69) is 10.6 Å². The minimum atomic E-state index is -5.25. The second-order valence-corrected chi connectivity index (χ2v) is 20.8. The van der Waals surface area contributed by atoms with Gasteiger partial charge in [-0.05, 0) is 130 Å². The minimum Gasteiger partial charge on any atom is -0.456 e. The number of Topliss-reactive ketones (excluding diaryl/α,β-unsaturated/α-hetero) is 1. The fraction of sp³-hybridized carbons (Fsp3) is 0.351. The van der Waals surface area contributed by atoms with E-state index in [-0.39, 0.29) is 93.2 Å². The number of halogens is 6. The monoisotopic (exact) mass is 1110 g/mol. The molecular formula is C57H54F6N6O9S. The number of anilines is 3. The van der Waals surface area contributed by atoms with Crippen molar-refractivity contribution in [3.05, 3.63) is 135 Å². The van der Waals surface area contributed by atoms with Crippen molar-refractivity contribution in [2.45, 2.75) is 96.1 Å². The van der Waals surface area contributed by atoms with Gasteiger partial charge in [0, 0.05) is 83.4 Å². The fourth-order valence-electron chi connectivity index (χ4n) is 10.6. The van der Waals surface area contributed by atoms with Crippen LogP contribution < -0.4 is 30.9 Å². The third-order valence-electron chi connectivity index (χ3n) is 14.5. The Morgan fingerprint density at radius 2 is 1.35 bits per heavy atom. The van der Waals surface area contributed by atoms with Crippen molar-refractivity contribution >= 4 is 79.9 Å². The first-order chi connectivity index (χ1) is 37.6. The molecule has 1 aliphatic carbocycles. The Hall–Kier alpha value is -8.01. The molecule has 414 valence electrons. The highest BCUT2D eigenvalue weighted by molar-refractivity contribution is 7.17. The quantitative estimate of drug-likeness (QED) is 0.0280. The number of amides is 5. The molecule has 0 atom stereocenters. The van der Waals surface area contributed by atoms with Crippen LogP contribution in [0.15, 0.2) is 96.4 Å². The zero-order valence-corrected chi connectivity index (χ0v) is 43.6. The summed E-state index contributed by atoms with van der Waals surface area (Å²) in [6.07, 6.45) is -4.54. The van der Waals surface area contributed by atoms with E-state index < -0.39 is 41.6 Å². The number of hydrogen-bond donors (Lipinski definition) is 4. The van der Waals surface area contributed by atoms with Gasteiger partial charge in [0.2, 0.25) is 11.8 Å². The molecule has 4 heterocycles. The first-order valence-corrected chi connectivity index (χ1v) is 26.7. The Morgan fingerprint density at radius 1 is 0.734 bits per heavy atom. The molecule has 0 radical (unpaired) electrons. The molecule has 4 aromatic carbocycles. The van der Waals surface area contributed by atoms with Gasteiger partial charge >= 0.3 is 30.1 Å². The highest BCUT2D eigenvalue weighted by atomic mass is 32.1. The number of unbranched alkanes of at least 4 members (excludes halogenated alkanes) is 3. The summed E-state index contributed by atoms with van der Waals surface area (Å²) in [6.45, 7) is 5.21. The molecule has 0 bridgehead atoms. The number of aryl methyl sites for hydroxylation is 1. The number of carbonyl (C=O) groups is 7. The maximum atomic E-state index is 13.9. The molecule has 15 nitrogen and oxygen atoms in total. The van der Waals surface area contributed by atoms with Gasteiger partial charge in [-0.3, -0.25) is 28.8 Å². The number of aromatic nitrogens is 1. The van der Waals surface area contributed by atoms with Gasteiger partial charge in [0.15, 0.2) is 11.4 Å². The lowest BCUT2D eigenvalue weighted by atomic mass is 9.77. The average Bonchev–Trinajstić information content (AvgIpc) is 4.26. The maximum absolute atomic E-state index is 13.9. The van der Waals surface area contributed by atoms with E-state index in [4.69, 9.17) is 9.47 Å². The van der Waals surface area contributed by atoms with Gasteiger partial charge in [-0.2, -0.15) is 26.3 Å². The Morgan fingerprint density at radius 3 is 1.96 bits per heavy atom. The van der Waals surface area contributed by atoms with E-state index in [1.165, 1.54) is 41.7 Å². The molecule has 4 N–H and O–H groups in total. The summed E-state index contributed by atoms with van der Waals surface area (Å²) in [5, 5.41) is 11.2. The van der Waals surface area contributed by atoms with Gasteiger partial charge in [0.05, 0.1) is 21.5 Å². The van der Waals surface area contributed by atoms with Crippen LogP contribution >= 0.6 is 11.3 Å². The van der Waals surface area contributed by atoms with Crippen molar-refractivity contribution in [2.75, 3.05) is 35.2 Å². The summed E-state index contributed by atoms with van der Waals surface area (Å²) in [4.78, 5) is 93.0. The molecule has 79 heavy (non-hydrogen) atoms. The normalized spacial score (nSPS) is 16.2. The summed E-state index contributed by atoms with van der Waals surface area (Å²) in [6, 6.07) is 22.5. The largest absolute Gasteiger partial charge is 0.471 e. The van der Waals surface area contributed by atoms with Crippen LogP contribution in [-0.4, -0.2) is 77.8 Å². The van der Waals surface area contributed by atoms with E-state index in [1.807, 2.05) is 60.2 Å². The minimum absolute atomic E-state index is 0.0129. The molecular weight excluding hydrogens is 1060 g/mol. The molecule has 0 unspecified atom stereocenters. The molecule has 2 aromatic heterocycles. The molecule has 9 rings (SSSR count). The van der Waals surface area contributed by atoms with Gasteiger partial charge < -0.3 is 40.2 Å². The van der Waals surface area contributed by atoms with Gasteiger partial charge in [0.25, 0.3) is 5.91 Å². The molecule has 1 saturated carbocycles. The van der Waals surface area contributed by atoms with Crippen molar-refractivity contribution in [3.63, 3.8) is 0 Å². The Bertz CT molecular complexity index is 3300. The summed E-state index contributed by atoms with van der Waals surface area (Å²) in [7, 11) is 0. The van der Waals surface area contributed by atoms with Crippen LogP contribution in [0.3, 0.4) is 0 Å². The van der Waals surface area contributed by atoms with Crippen LogP contribution in [0.5, 0.6) is 11.5 Å². The standard InChI is InChI=1S/C57H54F6N6O9S/c1-3-68(38-10-8-9-32(2)25-38)49(71)31-69-43-21-24-79-48(43)30-44(69)45(70)26-33-11-13-34(14-12-33)50(72)64-22-6-4-5-7-23-65-51(73)35-15-18-40-39(27-35)52(74)78-55(40)41-19-16-36(66-53(75)56(58,59)60)28-46(41)77-47-29-37(17-20-42(47)55)67-54(76)57(61,62)63/h8-10,15-21,24-25,27-30,33-34H,3-7,11-14,22-23,26,31H2,1-2H3,(H,64,72)(H,65,73)(H,66,75)(H,67,76). The highest BCUT2D eigenvalue weighted by Gasteiger charge is 2.54. The number of esters is 1. The number of hydrogen-bond acceptors (Lipinski definition) is 10. The van der Waals surface area contributed by atoms with E-state index in [9.17, 15) is 59.9 Å². The molecule has 3 aliphatic rings. The molecule has 0 saturated heterocycles. The molecule has 5 amide bonds. The smallest absolute Gasteiger partial charge is 0.456 e. The lowest BCUT2D eigenvalue weighted by Crippen LogP contribution is -2.35. The van der Waals surface area contributed by atoms with Crippen LogP contribution in [0.2, 0.25) is 0 Å². The Kier molecular flexibility index (Phi) is 16.1. The molecule has 1 spiro atoms. The number of rotatable bonds is 18. The summed E-state index contributed by atoms with van der Waals surface area (Å²) in [5.41, 5.74) is 0.923. The second kappa shape index (κ2) is 22.8. The van der Waals surface area contributed by atoms with Crippen LogP contribution in [0.25, 0.3) is 10.2 Å². The molecule has 6 aromatic rings. The first kappa shape index (κ1) is 55.7. The topological polar surface area (TPSA) is 194 Å². The van der Waals surface area contributed by atoms with Crippen molar-refractivity contribution in [1.29, 1.82) is 0 Å². The van der Waals surface area contributed by atoms with Crippen LogP contribution in [0.4, 0.5) is 43.4 Å². The van der Waals surface area contributed by atoms with Crippen LogP contribution in [0.1, 0.15) is 118 Å². The number of fused-ring (bicyclic) bond motifs is 7. The average molecular weight is 1110 g/mol. The molecule has 22 heteroatoms. The fourth-order valence-corrected chi connectivity index (χ4v) is 11.4. The van der Waals surface area contributed by atoms with Gasteiger partial charge in [0.1, 0.15) is 18.0 Å². The number of ketones is 1. The van der Waals surface area contributed by atoms with E-state index in [1.54, 1.807) is 15.5 Å². The Labute approximate surface area is 453 Å². The first-order valence-electron chi connectivity index (χ1n) is 25.8. The van der Waals surface area contributed by atoms with Gasteiger partial charge in [-0.1, -0.05) is 31.0 Å². The Balaban J connectivity index is 0.739. The van der Waals surface area contributed by atoms with Crippen molar-refractivity contribution in [3.8, 4) is 11.5 Å². The van der Waals surface area contributed by atoms with E-state index in [0.29, 0.717) is 50.9 Å². The number of alkyl halides is 6. The zero-order chi connectivity index (χ0) is 56.4. The van der Waals surface area contributed by atoms with E-state index >= 15 is 0 Å². The van der Waals surface area contributed by atoms with Gasteiger partial charge in [-0.25, -0.2) is 4.79 Å². The third-order valence-corrected chi connectivity index (χ3v) is 15.4. The summed E-state index contributed by atoms with van der Waals surface area (Å²) in [5.74, 6) is -6.66. The van der Waals surface area contributed by atoms with E-state index in [0.717, 1.165) is 71.4 Å². The number of likely N-dealkylation sites (N-methyl/N-ethyl adjacent to an activating group) is 1. The number of thiophene rings is 1. The van der Waals surface area contributed by atoms with Gasteiger partial charge in [-0.15, -0.1) is 11.3 Å². The molecule has 1 fully saturated rings. The highest BCUT2D eigenvalue weighted by Crippen LogP contribution is 2.57. The third kappa shape index (κ3) is 11.9. The predicted octanol–water partition coefficient (Wildman–Crippen LogP) is 11.1. The summed E-state index contributed by atoms with van der Waals surface area (Å²) < 4.78 is 93.5. The lowest BCUT2D eigenvalue weighted by molar-refractivity contribution is -0.167. The predicted molar refractivity (Wildman–Crippen MR) is 281 cm³/mol. The number of benzene rings is 4. The van der Waals surface area contributed by atoms with Crippen molar-refractivity contribution < 1.29 is 69.4 Å². The SMILES string of the molecule is CCN(C(=O)Cn1c(C(=O)CC2CCC(C(=O)NCCCCCCNC(=O)c3ccc4c(c3)C(=O)OC43c4ccc(NC(=O)C(F)(F)F)cc4Oc4cc(NC(=O)C(F)(F)F)ccc43)CC2)cc2sccc21)c1cccc(C)c1. The summed E-state index contributed by atoms with van der Waals surface area (Å²) >= 11 is 1.53. The maximum Gasteiger partial charge on any atom is 0.471 e. The van der Waals surface area contributed by atoms with Crippen molar-refractivity contribution in [2.24, 2.45) is 11.8 Å². The number of carbonyl (C=O) groups excluding carboxylic acids is 7.